The molecule has 0 aliphatic carbocycles. The van der Waals surface area contributed by atoms with Gasteiger partial charge in [-0.05, 0) is 24.1 Å². The minimum atomic E-state index is -0.446. The molecule has 0 spiro atoms. The Bertz CT molecular complexity index is 1320. The fraction of sp³-hybridized carbons (Fsp3) is 0.273. The molecule has 1 atom stereocenters. The Kier molecular flexibility index (Phi) is 4.27. The van der Waals surface area contributed by atoms with Crippen LogP contribution in [-0.4, -0.2) is 37.1 Å². The summed E-state index contributed by atoms with van der Waals surface area (Å²) in [6, 6.07) is 7.09. The van der Waals surface area contributed by atoms with Crippen LogP contribution in [0.1, 0.15) is 34.0 Å². The van der Waals surface area contributed by atoms with E-state index in [1.807, 2.05) is 49.5 Å². The Morgan fingerprint density at radius 2 is 2.20 bits per heavy atom. The van der Waals surface area contributed by atoms with Crippen LogP contribution in [0.25, 0.3) is 11.0 Å². The maximum atomic E-state index is 13.2. The molecule has 1 aliphatic heterocycles. The lowest BCUT2D eigenvalue weighted by atomic mass is 9.92. The van der Waals surface area contributed by atoms with Crippen LogP contribution in [0.2, 0.25) is 0 Å². The van der Waals surface area contributed by atoms with Crippen LogP contribution >= 0.6 is 0 Å². The van der Waals surface area contributed by atoms with Crippen LogP contribution in [-0.2, 0) is 24.8 Å². The molecule has 8 nitrogen and oxygen atoms in total. The SMILES string of the molecule is Cc1ccc2c(CC(=O)N3Cc4[nH]cnc4C(c4cnn(C)c4)C3)cc(=O)oc2c1. The number of fused-ring (bicyclic) bond motifs is 2. The summed E-state index contributed by atoms with van der Waals surface area (Å²) < 4.78 is 7.07. The molecule has 1 aliphatic rings. The molecule has 0 radical (unpaired) electrons. The largest absolute Gasteiger partial charge is 0.423 e. The molecular formula is C22H21N5O3. The van der Waals surface area contributed by atoms with Crippen molar-refractivity contribution < 1.29 is 9.21 Å². The molecule has 0 bridgehead atoms. The average molecular weight is 403 g/mol. The first-order valence-corrected chi connectivity index (χ1v) is 9.80. The van der Waals surface area contributed by atoms with E-state index in [1.54, 1.807) is 11.0 Å². The Morgan fingerprint density at radius 1 is 1.33 bits per heavy atom. The molecule has 5 rings (SSSR count). The van der Waals surface area contributed by atoms with E-state index in [2.05, 4.69) is 15.1 Å². The van der Waals surface area contributed by atoms with Crippen molar-refractivity contribution in [1.29, 1.82) is 0 Å². The summed E-state index contributed by atoms with van der Waals surface area (Å²) >= 11 is 0. The van der Waals surface area contributed by atoms with E-state index in [0.717, 1.165) is 27.9 Å². The molecule has 4 heterocycles. The summed E-state index contributed by atoms with van der Waals surface area (Å²) in [5.41, 5.74) is 4.64. The first kappa shape index (κ1) is 18.4. The summed E-state index contributed by atoms with van der Waals surface area (Å²) in [5.74, 6) is -0.0884. The number of carbonyl (C=O) groups excluding carboxylic acids is 1. The summed E-state index contributed by atoms with van der Waals surface area (Å²) in [7, 11) is 1.87. The third kappa shape index (κ3) is 3.20. The summed E-state index contributed by atoms with van der Waals surface area (Å²) in [5, 5.41) is 5.06. The molecule has 1 aromatic carbocycles. The van der Waals surface area contributed by atoms with Crippen LogP contribution in [0.3, 0.4) is 0 Å². The van der Waals surface area contributed by atoms with Gasteiger partial charge in [0.2, 0.25) is 5.91 Å². The van der Waals surface area contributed by atoms with Crippen LogP contribution in [0.15, 0.2) is 52.2 Å². The normalized spacial score (nSPS) is 16.1. The number of aryl methyl sites for hydroxylation is 2. The number of H-pyrrole nitrogens is 1. The Morgan fingerprint density at radius 3 is 3.00 bits per heavy atom. The zero-order chi connectivity index (χ0) is 20.8. The van der Waals surface area contributed by atoms with Crippen molar-refractivity contribution in [2.75, 3.05) is 6.54 Å². The van der Waals surface area contributed by atoms with Crippen LogP contribution in [0, 0.1) is 6.92 Å². The third-order valence-electron chi connectivity index (χ3n) is 5.64. The lowest BCUT2D eigenvalue weighted by Crippen LogP contribution is -2.39. The van der Waals surface area contributed by atoms with Gasteiger partial charge in [0.1, 0.15) is 5.58 Å². The highest BCUT2D eigenvalue weighted by Crippen LogP contribution is 2.31. The van der Waals surface area contributed by atoms with E-state index in [-0.39, 0.29) is 18.2 Å². The molecule has 1 amide bonds. The second-order valence-electron chi connectivity index (χ2n) is 7.81. The van der Waals surface area contributed by atoms with Gasteiger partial charge in [-0.2, -0.15) is 5.10 Å². The predicted molar refractivity (Wildman–Crippen MR) is 110 cm³/mol. The molecule has 1 unspecified atom stereocenters. The highest BCUT2D eigenvalue weighted by atomic mass is 16.4. The number of aromatic nitrogens is 4. The van der Waals surface area contributed by atoms with Gasteiger partial charge < -0.3 is 14.3 Å². The third-order valence-corrected chi connectivity index (χ3v) is 5.64. The first-order chi connectivity index (χ1) is 14.5. The number of nitrogens with zero attached hydrogens (tertiary/aromatic N) is 4. The molecule has 30 heavy (non-hydrogen) atoms. The van der Waals surface area contributed by atoms with Crippen LogP contribution in [0.4, 0.5) is 0 Å². The molecule has 0 saturated carbocycles. The molecule has 4 aromatic rings. The van der Waals surface area contributed by atoms with E-state index in [9.17, 15) is 9.59 Å². The van der Waals surface area contributed by atoms with Crippen molar-refractivity contribution in [2.45, 2.75) is 25.8 Å². The molecule has 1 N–H and O–H groups in total. The number of rotatable bonds is 3. The van der Waals surface area contributed by atoms with Gasteiger partial charge >= 0.3 is 5.63 Å². The molecule has 3 aromatic heterocycles. The van der Waals surface area contributed by atoms with Gasteiger partial charge in [0.05, 0.1) is 36.9 Å². The van der Waals surface area contributed by atoms with Gasteiger partial charge in [-0.1, -0.05) is 12.1 Å². The van der Waals surface area contributed by atoms with Crippen molar-refractivity contribution in [3.63, 3.8) is 0 Å². The van der Waals surface area contributed by atoms with Gasteiger partial charge in [-0.25, -0.2) is 9.78 Å². The lowest BCUT2D eigenvalue weighted by Gasteiger charge is -2.31. The summed E-state index contributed by atoms with van der Waals surface area (Å²) in [4.78, 5) is 34.7. The molecule has 0 fully saturated rings. The van der Waals surface area contributed by atoms with E-state index in [0.29, 0.717) is 24.2 Å². The maximum absolute atomic E-state index is 13.2. The van der Waals surface area contributed by atoms with Gasteiger partial charge in [-0.15, -0.1) is 0 Å². The smallest absolute Gasteiger partial charge is 0.336 e. The van der Waals surface area contributed by atoms with Gasteiger partial charge in [-0.3, -0.25) is 9.48 Å². The van der Waals surface area contributed by atoms with Crippen LogP contribution < -0.4 is 5.63 Å². The molecule has 152 valence electrons. The van der Waals surface area contributed by atoms with Crippen molar-refractivity contribution >= 4 is 16.9 Å². The second kappa shape index (κ2) is 6.98. The van der Waals surface area contributed by atoms with Gasteiger partial charge in [0.15, 0.2) is 0 Å². The molecule has 0 saturated heterocycles. The lowest BCUT2D eigenvalue weighted by molar-refractivity contribution is -0.131. The van der Waals surface area contributed by atoms with E-state index in [1.165, 1.54) is 6.07 Å². The Hall–Kier alpha value is -3.68. The number of benzene rings is 1. The monoisotopic (exact) mass is 403 g/mol. The summed E-state index contributed by atoms with van der Waals surface area (Å²) in [6.45, 7) is 2.91. The quantitative estimate of drug-likeness (QED) is 0.529. The minimum Gasteiger partial charge on any atom is -0.423 e. The fourth-order valence-corrected chi connectivity index (χ4v) is 4.15. The predicted octanol–water partition coefficient (Wildman–Crippen LogP) is 2.27. The maximum Gasteiger partial charge on any atom is 0.336 e. The van der Waals surface area contributed by atoms with E-state index < -0.39 is 5.63 Å². The van der Waals surface area contributed by atoms with Crippen molar-refractivity contribution in [1.82, 2.24) is 24.6 Å². The minimum absolute atomic E-state index is 0.0436. The number of aromatic amines is 1. The van der Waals surface area contributed by atoms with E-state index in [4.69, 9.17) is 4.42 Å². The number of carbonyl (C=O) groups is 1. The number of imidazole rings is 1. The topological polar surface area (TPSA) is 97.0 Å². The molecular weight excluding hydrogens is 382 g/mol. The second-order valence-corrected chi connectivity index (χ2v) is 7.81. The fourth-order valence-electron chi connectivity index (χ4n) is 4.15. The van der Waals surface area contributed by atoms with Crippen molar-refractivity contribution in [3.05, 3.63) is 81.5 Å². The van der Waals surface area contributed by atoms with Gasteiger partial charge in [0.25, 0.3) is 0 Å². The highest BCUT2D eigenvalue weighted by Gasteiger charge is 2.32. The van der Waals surface area contributed by atoms with Crippen molar-refractivity contribution in [2.24, 2.45) is 7.05 Å². The molecule has 8 heteroatoms. The zero-order valence-electron chi connectivity index (χ0n) is 16.8. The number of nitrogens with one attached hydrogen (secondary N) is 1. The standard InChI is InChI=1S/C22H21N5O3/c1-13-3-4-16-14(7-21(29)30-19(16)5-13)6-20(28)27-10-17(15-8-25-26(2)9-15)22-18(11-27)23-12-24-22/h3-5,7-9,12,17H,6,10-11H2,1-2H3,(H,23,24). The Labute approximate surface area is 172 Å². The first-order valence-electron chi connectivity index (χ1n) is 9.80. The van der Waals surface area contributed by atoms with Crippen molar-refractivity contribution in [3.8, 4) is 0 Å². The van der Waals surface area contributed by atoms with E-state index >= 15 is 0 Å². The Balaban J connectivity index is 1.46. The number of hydrogen-bond donors (Lipinski definition) is 1. The number of hydrogen-bond acceptors (Lipinski definition) is 5. The summed E-state index contributed by atoms with van der Waals surface area (Å²) in [6.07, 6.45) is 5.57. The number of amides is 1. The average Bonchev–Trinajstić information content (AvgIpc) is 3.35. The van der Waals surface area contributed by atoms with Gasteiger partial charge in [0, 0.05) is 42.7 Å². The van der Waals surface area contributed by atoms with Crippen LogP contribution in [0.5, 0.6) is 0 Å². The highest BCUT2D eigenvalue weighted by molar-refractivity contribution is 5.87. The zero-order valence-corrected chi connectivity index (χ0v) is 16.8.